The minimum absolute atomic E-state index is 0.0491. The van der Waals surface area contributed by atoms with Crippen LogP contribution in [0.4, 0.5) is 0 Å². The zero-order valence-electron chi connectivity index (χ0n) is 15.0. The Morgan fingerprint density at radius 3 is 2.71 bits per heavy atom. The Hall–Kier alpha value is -1.43. The van der Waals surface area contributed by atoms with Crippen LogP contribution in [0.5, 0.6) is 0 Å². The number of carbonyl (C=O) groups is 1. The summed E-state index contributed by atoms with van der Waals surface area (Å²) in [6.45, 7) is 9.01. The molecule has 0 saturated carbocycles. The number of carbonyl (C=O) groups excluding carboxylic acids is 1. The van der Waals surface area contributed by atoms with Crippen molar-refractivity contribution in [3.63, 3.8) is 0 Å². The van der Waals surface area contributed by atoms with Gasteiger partial charge in [-0.3, -0.25) is 9.69 Å². The van der Waals surface area contributed by atoms with E-state index in [1.165, 1.54) is 5.56 Å². The van der Waals surface area contributed by atoms with Crippen molar-refractivity contribution in [2.45, 2.75) is 45.9 Å². The van der Waals surface area contributed by atoms with Crippen LogP contribution in [0, 0.1) is 5.41 Å². The first-order valence-corrected chi connectivity index (χ1v) is 8.66. The molecule has 2 rings (SSSR count). The van der Waals surface area contributed by atoms with Crippen molar-refractivity contribution in [3.8, 4) is 0 Å². The molecule has 1 heterocycles. The highest BCUT2D eigenvalue weighted by molar-refractivity contribution is 5.81. The molecule has 2 unspecified atom stereocenters. The zero-order valence-corrected chi connectivity index (χ0v) is 15.0. The second kappa shape index (κ2) is 8.60. The molecule has 1 aromatic rings. The van der Waals surface area contributed by atoms with E-state index in [2.05, 4.69) is 43.1 Å². The molecule has 5 nitrogen and oxygen atoms in total. The van der Waals surface area contributed by atoms with Crippen molar-refractivity contribution >= 4 is 5.91 Å². The number of rotatable bonds is 6. The van der Waals surface area contributed by atoms with E-state index >= 15 is 0 Å². The maximum absolute atomic E-state index is 12.5. The molecule has 1 fully saturated rings. The van der Waals surface area contributed by atoms with E-state index < -0.39 is 6.10 Å². The number of nitrogens with one attached hydrogen (secondary N) is 1. The van der Waals surface area contributed by atoms with Crippen molar-refractivity contribution < 1.29 is 14.6 Å². The van der Waals surface area contributed by atoms with Gasteiger partial charge in [0.25, 0.3) is 5.91 Å². The van der Waals surface area contributed by atoms with E-state index in [0.29, 0.717) is 13.2 Å². The minimum Gasteiger partial charge on any atom is -0.394 e. The second-order valence-electron chi connectivity index (χ2n) is 7.73. The number of ether oxygens (including phenoxy) is 1. The lowest BCUT2D eigenvalue weighted by atomic mass is 9.88. The van der Waals surface area contributed by atoms with Crippen molar-refractivity contribution in [1.82, 2.24) is 10.2 Å². The lowest BCUT2D eigenvalue weighted by Crippen LogP contribution is -2.52. The minimum atomic E-state index is -0.475. The Labute approximate surface area is 145 Å². The van der Waals surface area contributed by atoms with Crippen LogP contribution < -0.4 is 5.32 Å². The van der Waals surface area contributed by atoms with Crippen molar-refractivity contribution in [2.75, 3.05) is 26.3 Å². The van der Waals surface area contributed by atoms with Gasteiger partial charge in [-0.15, -0.1) is 0 Å². The Balaban J connectivity index is 1.87. The van der Waals surface area contributed by atoms with Crippen LogP contribution in [0.15, 0.2) is 30.3 Å². The molecule has 2 N–H and O–H groups in total. The fraction of sp³-hybridized carbons (Fsp3) is 0.632. The molecule has 0 spiro atoms. The highest BCUT2D eigenvalue weighted by Crippen LogP contribution is 2.21. The molecule has 0 radical (unpaired) electrons. The third-order valence-corrected chi connectivity index (χ3v) is 4.12. The smallest absolute Gasteiger partial charge is 0.250 e. The molecule has 1 amide bonds. The van der Waals surface area contributed by atoms with Gasteiger partial charge in [0, 0.05) is 19.6 Å². The van der Waals surface area contributed by atoms with E-state index in [-0.39, 0.29) is 24.0 Å². The first kappa shape index (κ1) is 18.9. The van der Waals surface area contributed by atoms with Gasteiger partial charge in [0.15, 0.2) is 0 Å². The van der Waals surface area contributed by atoms with Gasteiger partial charge < -0.3 is 15.2 Å². The highest BCUT2D eigenvalue weighted by Gasteiger charge is 2.29. The lowest BCUT2D eigenvalue weighted by Gasteiger charge is -2.33. The summed E-state index contributed by atoms with van der Waals surface area (Å²) in [5.74, 6) is -0.129. The normalized spacial score (nSPS) is 20.6. The molecule has 0 aromatic heterocycles. The average molecular weight is 334 g/mol. The molecule has 134 valence electrons. The van der Waals surface area contributed by atoms with E-state index in [9.17, 15) is 9.90 Å². The van der Waals surface area contributed by atoms with Crippen molar-refractivity contribution in [2.24, 2.45) is 5.41 Å². The molecule has 0 aliphatic carbocycles. The number of benzene rings is 1. The maximum atomic E-state index is 12.5. The summed E-state index contributed by atoms with van der Waals surface area (Å²) in [6.07, 6.45) is 0.256. The fourth-order valence-corrected chi connectivity index (χ4v) is 3.04. The number of hydrogen-bond donors (Lipinski definition) is 2. The SMILES string of the molecule is CC(C)(C)CC(CO)NC(=O)C1CN(Cc2ccccc2)CCO1. The fourth-order valence-electron chi connectivity index (χ4n) is 3.04. The Morgan fingerprint density at radius 2 is 2.08 bits per heavy atom. The van der Waals surface area contributed by atoms with Gasteiger partial charge >= 0.3 is 0 Å². The van der Waals surface area contributed by atoms with Crippen LogP contribution >= 0.6 is 0 Å². The molecule has 5 heteroatoms. The lowest BCUT2D eigenvalue weighted by molar-refractivity contribution is -0.140. The third kappa shape index (κ3) is 6.23. The number of aliphatic hydroxyl groups is 1. The van der Waals surface area contributed by atoms with Gasteiger partial charge in [0.1, 0.15) is 6.10 Å². The summed E-state index contributed by atoms with van der Waals surface area (Å²) >= 11 is 0. The molecular weight excluding hydrogens is 304 g/mol. The van der Waals surface area contributed by atoms with E-state index in [1.54, 1.807) is 0 Å². The number of morpholine rings is 1. The van der Waals surface area contributed by atoms with E-state index in [0.717, 1.165) is 19.5 Å². The Bertz CT molecular complexity index is 513. The second-order valence-corrected chi connectivity index (χ2v) is 7.73. The summed E-state index contributed by atoms with van der Waals surface area (Å²) in [4.78, 5) is 14.7. The molecule has 1 saturated heterocycles. The predicted octanol–water partition coefficient (Wildman–Crippen LogP) is 1.80. The van der Waals surface area contributed by atoms with Gasteiger partial charge in [-0.25, -0.2) is 0 Å². The first-order chi connectivity index (χ1) is 11.4. The van der Waals surface area contributed by atoms with Gasteiger partial charge in [-0.05, 0) is 17.4 Å². The van der Waals surface area contributed by atoms with Crippen LogP contribution in [-0.4, -0.2) is 54.4 Å². The van der Waals surface area contributed by atoms with E-state index in [4.69, 9.17) is 4.74 Å². The quantitative estimate of drug-likeness (QED) is 0.833. The molecule has 0 bridgehead atoms. The summed E-state index contributed by atoms with van der Waals surface area (Å²) < 4.78 is 5.65. The largest absolute Gasteiger partial charge is 0.394 e. The monoisotopic (exact) mass is 334 g/mol. The summed E-state index contributed by atoms with van der Waals surface area (Å²) in [7, 11) is 0. The van der Waals surface area contributed by atoms with Crippen molar-refractivity contribution in [3.05, 3.63) is 35.9 Å². The van der Waals surface area contributed by atoms with Crippen LogP contribution in [0.25, 0.3) is 0 Å². The van der Waals surface area contributed by atoms with Crippen LogP contribution in [0.2, 0.25) is 0 Å². The first-order valence-electron chi connectivity index (χ1n) is 8.66. The predicted molar refractivity (Wildman–Crippen MR) is 94.5 cm³/mol. The third-order valence-electron chi connectivity index (χ3n) is 4.12. The number of hydrogen-bond acceptors (Lipinski definition) is 4. The highest BCUT2D eigenvalue weighted by atomic mass is 16.5. The van der Waals surface area contributed by atoms with Crippen molar-refractivity contribution in [1.29, 1.82) is 0 Å². The maximum Gasteiger partial charge on any atom is 0.250 e. The number of aliphatic hydroxyl groups excluding tert-OH is 1. The standard InChI is InChI=1S/C19H30N2O3/c1-19(2,3)11-16(14-22)20-18(23)17-13-21(9-10-24-17)12-15-7-5-4-6-8-15/h4-8,16-17,22H,9-14H2,1-3H3,(H,20,23). The Kier molecular flexibility index (Phi) is 6.78. The molecule has 2 atom stereocenters. The summed E-state index contributed by atoms with van der Waals surface area (Å²) in [5, 5.41) is 12.5. The van der Waals surface area contributed by atoms with Gasteiger partial charge in [0.2, 0.25) is 0 Å². The van der Waals surface area contributed by atoms with Gasteiger partial charge in [0.05, 0.1) is 19.3 Å². The molecular formula is C19H30N2O3. The average Bonchev–Trinajstić information content (AvgIpc) is 2.54. The summed E-state index contributed by atoms with van der Waals surface area (Å²) in [5.41, 5.74) is 1.28. The topological polar surface area (TPSA) is 61.8 Å². The Morgan fingerprint density at radius 1 is 1.38 bits per heavy atom. The van der Waals surface area contributed by atoms with Crippen LogP contribution in [0.3, 0.4) is 0 Å². The molecule has 24 heavy (non-hydrogen) atoms. The van der Waals surface area contributed by atoms with Crippen LogP contribution in [-0.2, 0) is 16.1 Å². The van der Waals surface area contributed by atoms with Crippen LogP contribution in [0.1, 0.15) is 32.8 Å². The molecule has 1 aliphatic heterocycles. The van der Waals surface area contributed by atoms with Gasteiger partial charge in [-0.2, -0.15) is 0 Å². The van der Waals surface area contributed by atoms with E-state index in [1.807, 2.05) is 18.2 Å². The van der Waals surface area contributed by atoms with Gasteiger partial charge in [-0.1, -0.05) is 51.1 Å². The molecule has 1 aliphatic rings. The number of nitrogens with zero attached hydrogens (tertiary/aromatic N) is 1. The number of amides is 1. The molecule has 1 aromatic carbocycles. The zero-order chi connectivity index (χ0) is 17.6. The summed E-state index contributed by atoms with van der Waals surface area (Å²) in [6, 6.07) is 10.0.